The van der Waals surface area contributed by atoms with Crippen molar-refractivity contribution in [3.05, 3.63) is 40.9 Å². The van der Waals surface area contributed by atoms with Crippen LogP contribution >= 0.6 is 11.6 Å². The number of carbonyl (C=O) groups excluding carboxylic acids is 1. The van der Waals surface area contributed by atoms with Crippen LogP contribution in [0.25, 0.3) is 16.8 Å². The first-order chi connectivity index (χ1) is 15.2. The Morgan fingerprint density at radius 1 is 1.48 bits per heavy atom. The Labute approximate surface area is 175 Å². The number of benzene rings is 1. The number of nitrogens with two attached hydrogens (primary N) is 1. The maximum atomic E-state index is 15.1. The first-order valence-corrected chi connectivity index (χ1v) is 8.68. The van der Waals surface area contributed by atoms with Gasteiger partial charge in [0.25, 0.3) is 5.91 Å². The molecule has 2 N–H and O–H groups in total. The Bertz CT molecular complexity index is 1370. The minimum atomic E-state index is -3.01. The molecule has 0 saturated carbocycles. The molecule has 8 nitrogen and oxygen atoms in total. The van der Waals surface area contributed by atoms with Gasteiger partial charge in [-0.1, -0.05) is 17.7 Å². The number of hydrogen-bond acceptors (Lipinski definition) is 6. The molecule has 1 amide bonds. The van der Waals surface area contributed by atoms with Crippen LogP contribution in [0.1, 0.15) is 24.9 Å². The lowest BCUT2D eigenvalue weighted by atomic mass is 10.0. The van der Waals surface area contributed by atoms with Crippen molar-refractivity contribution in [2.45, 2.75) is 19.4 Å². The van der Waals surface area contributed by atoms with E-state index in [-0.39, 0.29) is 38.9 Å². The highest BCUT2D eigenvalue weighted by atomic mass is 35.5. The topological polar surface area (TPSA) is 110 Å². The van der Waals surface area contributed by atoms with E-state index >= 15 is 4.39 Å². The normalized spacial score (nSPS) is 21.8. The maximum Gasteiger partial charge on any atom is 0.258 e. The summed E-state index contributed by atoms with van der Waals surface area (Å²) in [5.41, 5.74) is 3.54. The maximum absolute atomic E-state index is 15.1. The molecule has 2 aromatic heterocycles. The van der Waals surface area contributed by atoms with Crippen LogP contribution in [-0.2, 0) is 9.53 Å². The van der Waals surface area contributed by atoms with Crippen LogP contribution in [0.4, 0.5) is 15.9 Å². The van der Waals surface area contributed by atoms with Crippen LogP contribution in [0.5, 0.6) is 0 Å². The number of nitrogen functional groups attached to an aromatic ring is 1. The summed E-state index contributed by atoms with van der Waals surface area (Å²) in [6.45, 7) is -3.37. The van der Waals surface area contributed by atoms with Gasteiger partial charge in [0.15, 0.2) is 11.6 Å². The Morgan fingerprint density at radius 3 is 2.97 bits per heavy atom. The van der Waals surface area contributed by atoms with Gasteiger partial charge in [-0.05, 0) is 26.0 Å². The Hall–Kier alpha value is -3.22. The molecule has 0 atom stereocenters. The summed E-state index contributed by atoms with van der Waals surface area (Å²) in [6.07, 6.45) is 1.09. The second kappa shape index (κ2) is 6.69. The fraction of sp³-hybridized carbons (Fsp3) is 0.263. The number of nitrogens with zero attached hydrogens (tertiary/aromatic N) is 5. The third-order valence-electron chi connectivity index (χ3n) is 4.45. The fourth-order valence-corrected chi connectivity index (χ4v) is 3.25. The van der Waals surface area contributed by atoms with Crippen molar-refractivity contribution in [3.63, 3.8) is 0 Å². The molecule has 1 aromatic carbocycles. The van der Waals surface area contributed by atoms with E-state index in [4.69, 9.17) is 27.6 Å². The van der Waals surface area contributed by atoms with Gasteiger partial charge < -0.3 is 15.4 Å². The van der Waals surface area contributed by atoms with Gasteiger partial charge in [-0.3, -0.25) is 4.79 Å². The molecule has 1 fully saturated rings. The van der Waals surface area contributed by atoms with Gasteiger partial charge in [-0.15, -0.1) is 0 Å². The van der Waals surface area contributed by atoms with Crippen molar-refractivity contribution in [1.82, 2.24) is 14.6 Å². The first-order valence-electron chi connectivity index (χ1n) is 10.3. The van der Waals surface area contributed by atoms with Gasteiger partial charge in [-0.2, -0.15) is 10.4 Å². The van der Waals surface area contributed by atoms with Gasteiger partial charge >= 0.3 is 0 Å². The highest BCUT2D eigenvalue weighted by molar-refractivity contribution is 6.35. The van der Waals surface area contributed by atoms with Crippen molar-refractivity contribution >= 4 is 34.5 Å². The summed E-state index contributed by atoms with van der Waals surface area (Å²) in [5, 5.41) is 13.3. The zero-order valence-electron chi connectivity index (χ0n) is 19.2. The minimum Gasteiger partial charge on any atom is -0.382 e. The molecule has 29 heavy (non-hydrogen) atoms. The lowest BCUT2D eigenvalue weighted by Crippen LogP contribution is -2.53. The van der Waals surface area contributed by atoms with Crippen LogP contribution < -0.4 is 10.6 Å². The number of morpholine rings is 1. The smallest absolute Gasteiger partial charge is 0.258 e. The summed E-state index contributed by atoms with van der Waals surface area (Å²) < 4.78 is 54.0. The van der Waals surface area contributed by atoms with Crippen molar-refractivity contribution in [3.8, 4) is 17.3 Å². The molecule has 3 heterocycles. The molecular weight excluding hydrogens is 399 g/mol. The number of anilines is 2. The SMILES string of the molecule is [2H]C1([2H])OC(C)(C)C(=O)N(c2cc(-c3c(F)c(Cl)c4c(N)ncnn34)ccc2C#N)C1([2H])[2H]. The molecule has 0 bridgehead atoms. The molecule has 3 aromatic rings. The number of ether oxygens (including phenoxy) is 1. The Kier molecular flexibility index (Phi) is 3.40. The van der Waals surface area contributed by atoms with E-state index in [0.29, 0.717) is 4.90 Å². The van der Waals surface area contributed by atoms with Gasteiger partial charge in [0.1, 0.15) is 34.2 Å². The van der Waals surface area contributed by atoms with E-state index in [1.54, 1.807) is 0 Å². The van der Waals surface area contributed by atoms with E-state index < -0.39 is 30.4 Å². The average molecular weight is 419 g/mol. The van der Waals surface area contributed by atoms with Gasteiger partial charge in [0.2, 0.25) is 0 Å². The molecule has 1 aliphatic heterocycles. The molecule has 0 radical (unpaired) electrons. The van der Waals surface area contributed by atoms with Crippen molar-refractivity contribution in [2.24, 2.45) is 0 Å². The number of aromatic nitrogens is 3. The molecule has 4 rings (SSSR count). The van der Waals surface area contributed by atoms with Gasteiger partial charge in [0, 0.05) is 12.1 Å². The minimum absolute atomic E-state index is 0.00724. The van der Waals surface area contributed by atoms with Crippen LogP contribution in [-0.4, -0.2) is 39.2 Å². The third kappa shape index (κ3) is 2.88. The summed E-state index contributed by atoms with van der Waals surface area (Å²) in [5.74, 6) is -1.91. The van der Waals surface area contributed by atoms with Crippen LogP contribution in [0.3, 0.4) is 0 Å². The number of fused-ring (bicyclic) bond motifs is 1. The molecular formula is C19H16ClFN6O2. The van der Waals surface area contributed by atoms with Crippen LogP contribution in [0, 0.1) is 17.1 Å². The summed E-state index contributed by atoms with van der Waals surface area (Å²) in [7, 11) is 0. The quantitative estimate of drug-likeness (QED) is 0.685. The van der Waals surface area contributed by atoms with E-state index in [1.165, 1.54) is 32.0 Å². The molecule has 0 unspecified atom stereocenters. The zero-order chi connectivity index (χ0) is 24.5. The van der Waals surface area contributed by atoms with Crippen LogP contribution in [0.15, 0.2) is 24.5 Å². The highest BCUT2D eigenvalue weighted by Gasteiger charge is 2.38. The monoisotopic (exact) mass is 418 g/mol. The van der Waals surface area contributed by atoms with E-state index in [1.807, 2.05) is 6.07 Å². The average Bonchev–Trinajstić information content (AvgIpc) is 2.97. The molecule has 1 aliphatic rings. The Balaban J connectivity index is 2.01. The molecule has 0 spiro atoms. The third-order valence-corrected chi connectivity index (χ3v) is 4.80. The van der Waals surface area contributed by atoms with E-state index in [0.717, 1.165) is 10.8 Å². The van der Waals surface area contributed by atoms with Crippen molar-refractivity contribution in [1.29, 1.82) is 5.26 Å². The van der Waals surface area contributed by atoms with Gasteiger partial charge in [0.05, 0.1) is 23.3 Å². The fourth-order valence-electron chi connectivity index (χ4n) is 2.98. The molecule has 148 valence electrons. The molecule has 1 saturated heterocycles. The molecule has 0 aliphatic carbocycles. The summed E-state index contributed by atoms with van der Waals surface area (Å²) in [6, 6.07) is 5.66. The van der Waals surface area contributed by atoms with Crippen molar-refractivity contribution in [2.75, 3.05) is 23.7 Å². The summed E-state index contributed by atoms with van der Waals surface area (Å²) >= 11 is 6.09. The standard InChI is InChI=1S/C19H16ClFN6O2/c1-19(2)18(28)26(5-6-29-19)12-7-10(3-4-11(12)8-22)15-14(21)13(20)16-17(23)24-9-25-27(15)16/h3-4,7,9H,5-6H2,1-2H3,(H2,23,24,25)/i5D2,6D2. The second-order valence-electron chi connectivity index (χ2n) is 6.69. The van der Waals surface area contributed by atoms with Crippen LogP contribution in [0.2, 0.25) is 5.02 Å². The number of nitriles is 1. The predicted octanol–water partition coefficient (Wildman–Crippen LogP) is 2.78. The first kappa shape index (κ1) is 14.7. The summed E-state index contributed by atoms with van der Waals surface area (Å²) in [4.78, 5) is 17.5. The lowest BCUT2D eigenvalue weighted by Gasteiger charge is -2.37. The number of hydrogen-bond donors (Lipinski definition) is 1. The largest absolute Gasteiger partial charge is 0.382 e. The van der Waals surface area contributed by atoms with E-state index in [2.05, 4.69) is 10.1 Å². The number of rotatable bonds is 2. The highest BCUT2D eigenvalue weighted by Crippen LogP contribution is 2.37. The molecule has 10 heteroatoms. The number of carbonyl (C=O) groups is 1. The van der Waals surface area contributed by atoms with E-state index in [9.17, 15) is 10.1 Å². The predicted molar refractivity (Wildman–Crippen MR) is 105 cm³/mol. The zero-order valence-corrected chi connectivity index (χ0v) is 16.0. The number of amides is 1. The second-order valence-corrected chi connectivity index (χ2v) is 7.07. The number of halogens is 2. The van der Waals surface area contributed by atoms with Gasteiger partial charge in [-0.25, -0.2) is 13.9 Å². The Morgan fingerprint density at radius 2 is 2.24 bits per heavy atom. The lowest BCUT2D eigenvalue weighted by molar-refractivity contribution is -0.144. The van der Waals surface area contributed by atoms with Crippen molar-refractivity contribution < 1.29 is 19.4 Å².